The van der Waals surface area contributed by atoms with Gasteiger partial charge in [0.05, 0.1) is 6.21 Å². The number of hydrogen-bond donors (Lipinski definition) is 2. The SMILES string of the molecule is O=S(=O)(O)C1(S(=O)(=O)O)C=NC=N1. The molecule has 74 valence electrons. The van der Waals surface area contributed by atoms with Gasteiger partial charge in [-0.1, -0.05) is 0 Å². The highest BCUT2D eigenvalue weighted by Crippen LogP contribution is 2.24. The van der Waals surface area contributed by atoms with Gasteiger partial charge in [-0.05, 0) is 0 Å². The molecule has 1 aliphatic rings. The first kappa shape index (κ1) is 10.2. The van der Waals surface area contributed by atoms with Crippen LogP contribution in [0.1, 0.15) is 0 Å². The van der Waals surface area contributed by atoms with Crippen molar-refractivity contribution >= 4 is 32.8 Å². The molecule has 0 unspecified atom stereocenters. The molecule has 0 saturated carbocycles. The maximum absolute atomic E-state index is 10.6. The third-order valence-electron chi connectivity index (χ3n) is 1.28. The summed E-state index contributed by atoms with van der Waals surface area (Å²) in [5.41, 5.74) is 0. The maximum Gasteiger partial charge on any atom is 0.348 e. The van der Waals surface area contributed by atoms with Crippen LogP contribution in [0.15, 0.2) is 9.98 Å². The number of rotatable bonds is 2. The van der Waals surface area contributed by atoms with Gasteiger partial charge in [0.25, 0.3) is 0 Å². The van der Waals surface area contributed by atoms with E-state index in [-0.39, 0.29) is 0 Å². The summed E-state index contributed by atoms with van der Waals surface area (Å²) in [7, 11) is -10.2. The topological polar surface area (TPSA) is 133 Å². The Morgan fingerprint density at radius 2 is 1.54 bits per heavy atom. The Bertz CT molecular complexity index is 424. The Balaban J connectivity index is 3.56. The Morgan fingerprint density at radius 1 is 1.08 bits per heavy atom. The quantitative estimate of drug-likeness (QED) is 0.554. The third kappa shape index (κ3) is 1.37. The average molecular weight is 228 g/mol. The molecule has 0 saturated heterocycles. The summed E-state index contributed by atoms with van der Waals surface area (Å²) in [6.45, 7) is 0. The molecule has 0 amide bonds. The van der Waals surface area contributed by atoms with Crippen molar-refractivity contribution in [3.63, 3.8) is 0 Å². The van der Waals surface area contributed by atoms with Crippen LogP contribution in [-0.4, -0.2) is 42.7 Å². The van der Waals surface area contributed by atoms with Gasteiger partial charge in [-0.2, -0.15) is 16.8 Å². The maximum atomic E-state index is 10.6. The summed E-state index contributed by atoms with van der Waals surface area (Å²) in [6.07, 6.45) is 0.916. The highest BCUT2D eigenvalue weighted by atomic mass is 32.3. The molecule has 0 bridgehead atoms. The van der Waals surface area contributed by atoms with E-state index in [0.29, 0.717) is 12.6 Å². The Labute approximate surface area is 73.5 Å². The van der Waals surface area contributed by atoms with Gasteiger partial charge in [0, 0.05) is 0 Å². The summed E-state index contributed by atoms with van der Waals surface area (Å²) < 4.78 is 56.4. The molecule has 1 heterocycles. The highest BCUT2D eigenvalue weighted by Gasteiger charge is 2.55. The van der Waals surface area contributed by atoms with Crippen molar-refractivity contribution in [3.05, 3.63) is 0 Å². The second-order valence-corrected chi connectivity index (χ2v) is 5.51. The summed E-state index contributed by atoms with van der Waals surface area (Å²) in [6, 6.07) is 0. The van der Waals surface area contributed by atoms with Gasteiger partial charge in [0.15, 0.2) is 0 Å². The zero-order valence-electron chi connectivity index (χ0n) is 5.89. The Morgan fingerprint density at radius 3 is 1.69 bits per heavy atom. The van der Waals surface area contributed by atoms with E-state index in [1.807, 2.05) is 0 Å². The standard InChI is InChI=1S/C3H4N2O6S2/c6-12(7,8)3(13(9,10)11)1-4-2-5-3/h1-2H,(H,6,7,8)(H,9,10,11). The lowest BCUT2D eigenvalue weighted by molar-refractivity contribution is 0.447. The van der Waals surface area contributed by atoms with Gasteiger partial charge in [-0.3, -0.25) is 9.11 Å². The minimum atomic E-state index is -5.11. The van der Waals surface area contributed by atoms with E-state index in [9.17, 15) is 16.8 Å². The van der Waals surface area contributed by atoms with Crippen LogP contribution in [-0.2, 0) is 20.2 Å². The number of nitrogens with zero attached hydrogens (tertiary/aromatic N) is 2. The molecule has 0 aliphatic carbocycles. The van der Waals surface area contributed by atoms with Gasteiger partial charge in [-0.15, -0.1) is 0 Å². The average Bonchev–Trinajstić information content (AvgIpc) is 2.28. The van der Waals surface area contributed by atoms with Crippen LogP contribution >= 0.6 is 0 Å². The zero-order chi connectivity index (χ0) is 10.3. The smallest absolute Gasteiger partial charge is 0.282 e. The second-order valence-electron chi connectivity index (χ2n) is 2.10. The van der Waals surface area contributed by atoms with E-state index in [0.717, 1.165) is 0 Å². The molecule has 0 spiro atoms. The monoisotopic (exact) mass is 228 g/mol. The van der Waals surface area contributed by atoms with E-state index >= 15 is 0 Å². The molecule has 0 fully saturated rings. The zero-order valence-corrected chi connectivity index (χ0v) is 7.53. The van der Waals surface area contributed by atoms with E-state index < -0.39 is 24.4 Å². The number of hydrogen-bond acceptors (Lipinski definition) is 6. The van der Waals surface area contributed by atoms with Crippen LogP contribution in [0.5, 0.6) is 0 Å². The van der Waals surface area contributed by atoms with Crippen LogP contribution in [0.2, 0.25) is 0 Å². The van der Waals surface area contributed by atoms with E-state index in [2.05, 4.69) is 9.98 Å². The van der Waals surface area contributed by atoms with E-state index in [1.54, 1.807) is 0 Å². The summed E-state index contributed by atoms with van der Waals surface area (Å²) >= 11 is 0. The lowest BCUT2D eigenvalue weighted by atomic mass is 10.7. The van der Waals surface area contributed by atoms with Crippen LogP contribution in [0, 0.1) is 0 Å². The molecule has 0 atom stereocenters. The van der Waals surface area contributed by atoms with Crippen molar-refractivity contribution in [1.82, 2.24) is 0 Å². The van der Waals surface area contributed by atoms with Gasteiger partial charge in [0.1, 0.15) is 6.34 Å². The molecule has 8 nitrogen and oxygen atoms in total. The first-order chi connectivity index (χ1) is 5.71. The molecule has 1 rings (SSSR count). The fourth-order valence-corrected chi connectivity index (χ4v) is 2.49. The lowest BCUT2D eigenvalue weighted by Gasteiger charge is -2.14. The molecule has 0 aromatic rings. The minimum absolute atomic E-state index is 0.317. The molecule has 0 aromatic heterocycles. The summed E-state index contributed by atoms with van der Waals surface area (Å²) in [5, 5.41) is 0. The van der Waals surface area contributed by atoms with Crippen molar-refractivity contribution in [2.75, 3.05) is 0 Å². The Kier molecular flexibility index (Phi) is 2.03. The van der Waals surface area contributed by atoms with Crippen LogP contribution in [0.4, 0.5) is 0 Å². The van der Waals surface area contributed by atoms with Crippen LogP contribution < -0.4 is 0 Å². The van der Waals surface area contributed by atoms with Gasteiger partial charge in [0.2, 0.25) is 0 Å². The summed E-state index contributed by atoms with van der Waals surface area (Å²) in [5.74, 6) is 0. The van der Waals surface area contributed by atoms with Crippen LogP contribution in [0.3, 0.4) is 0 Å². The van der Waals surface area contributed by atoms with Crippen molar-refractivity contribution in [2.45, 2.75) is 4.20 Å². The molecule has 0 aromatic carbocycles. The van der Waals surface area contributed by atoms with Crippen molar-refractivity contribution in [2.24, 2.45) is 9.98 Å². The fraction of sp³-hybridized carbons (Fsp3) is 0.333. The van der Waals surface area contributed by atoms with Gasteiger partial charge in [-0.25, -0.2) is 9.98 Å². The predicted octanol–water partition coefficient (Wildman–Crippen LogP) is -1.47. The normalized spacial score (nSPS) is 20.8. The van der Waals surface area contributed by atoms with Crippen molar-refractivity contribution < 1.29 is 25.9 Å². The molecular weight excluding hydrogens is 224 g/mol. The van der Waals surface area contributed by atoms with Crippen molar-refractivity contribution in [3.8, 4) is 0 Å². The third-order valence-corrected chi connectivity index (χ3v) is 4.44. The highest BCUT2D eigenvalue weighted by molar-refractivity contribution is 8.06. The molecule has 10 heteroatoms. The van der Waals surface area contributed by atoms with E-state index in [4.69, 9.17) is 9.11 Å². The van der Waals surface area contributed by atoms with E-state index in [1.165, 1.54) is 0 Å². The Hall–Kier alpha value is -0.840. The van der Waals surface area contributed by atoms with Crippen LogP contribution in [0.25, 0.3) is 0 Å². The molecule has 2 N–H and O–H groups in total. The number of aliphatic imine (C=N–C) groups is 2. The van der Waals surface area contributed by atoms with Gasteiger partial charge < -0.3 is 0 Å². The second kappa shape index (κ2) is 2.57. The first-order valence-electron chi connectivity index (χ1n) is 2.73. The van der Waals surface area contributed by atoms with Crippen molar-refractivity contribution in [1.29, 1.82) is 0 Å². The molecule has 13 heavy (non-hydrogen) atoms. The molecule has 1 aliphatic heterocycles. The fourth-order valence-electron chi connectivity index (χ4n) is 0.674. The lowest BCUT2D eigenvalue weighted by Crippen LogP contribution is -2.44. The van der Waals surface area contributed by atoms with Gasteiger partial charge >= 0.3 is 24.4 Å². The molecular formula is C3H4N2O6S2. The molecule has 0 radical (unpaired) electrons. The largest absolute Gasteiger partial charge is 0.348 e. The minimum Gasteiger partial charge on any atom is -0.282 e. The first-order valence-corrected chi connectivity index (χ1v) is 5.61. The summed E-state index contributed by atoms with van der Waals surface area (Å²) in [4.78, 5) is 5.96. The predicted molar refractivity (Wildman–Crippen MR) is 42.8 cm³/mol.